The van der Waals surface area contributed by atoms with Crippen molar-refractivity contribution in [3.05, 3.63) is 48.6 Å². The molecule has 0 saturated carbocycles. The summed E-state index contributed by atoms with van der Waals surface area (Å²) in [6.07, 6.45) is 84.1. The molecule has 0 aromatic heterocycles. The van der Waals surface area contributed by atoms with E-state index in [0.717, 1.165) is 83.5 Å². The summed E-state index contributed by atoms with van der Waals surface area (Å²) < 4.78 is 17.0. The minimum atomic E-state index is -0.783. The van der Waals surface area contributed by atoms with Gasteiger partial charge in [-0.15, -0.1) is 0 Å². The van der Waals surface area contributed by atoms with Crippen LogP contribution < -0.4 is 0 Å². The summed E-state index contributed by atoms with van der Waals surface area (Å²) in [4.78, 5) is 38.4. The van der Waals surface area contributed by atoms with Gasteiger partial charge >= 0.3 is 17.9 Å². The molecule has 1 atom stereocenters. The molecule has 0 heterocycles. The third-order valence-electron chi connectivity index (χ3n) is 15.6. The Bertz CT molecular complexity index is 1350. The van der Waals surface area contributed by atoms with Crippen molar-refractivity contribution in [2.45, 2.75) is 380 Å². The molecule has 0 aromatic carbocycles. The van der Waals surface area contributed by atoms with Crippen LogP contribution in [0, 0.1) is 0 Å². The van der Waals surface area contributed by atoms with Gasteiger partial charge < -0.3 is 14.2 Å². The van der Waals surface area contributed by atoms with Gasteiger partial charge in [0.1, 0.15) is 13.2 Å². The lowest BCUT2D eigenvalue weighted by atomic mass is 10.0. The van der Waals surface area contributed by atoms with Gasteiger partial charge in [-0.25, -0.2) is 0 Å². The van der Waals surface area contributed by atoms with Gasteiger partial charge in [0.05, 0.1) is 0 Å². The summed E-state index contributed by atoms with van der Waals surface area (Å²) >= 11 is 0. The monoisotopic (exact) mass is 1090 g/mol. The minimum Gasteiger partial charge on any atom is -0.462 e. The van der Waals surface area contributed by atoms with E-state index < -0.39 is 6.10 Å². The number of allylic oxidation sites excluding steroid dienone is 8. The number of unbranched alkanes of at least 4 members (excludes halogenated alkanes) is 45. The van der Waals surface area contributed by atoms with Gasteiger partial charge in [0, 0.05) is 19.3 Å². The fourth-order valence-corrected chi connectivity index (χ4v) is 10.3. The van der Waals surface area contributed by atoms with Crippen LogP contribution in [0.25, 0.3) is 0 Å². The number of hydrogen-bond acceptors (Lipinski definition) is 6. The molecule has 0 N–H and O–H groups in total. The summed E-state index contributed by atoms with van der Waals surface area (Å²) in [5, 5.41) is 0. The van der Waals surface area contributed by atoms with E-state index in [1.54, 1.807) is 0 Å². The van der Waals surface area contributed by atoms with Gasteiger partial charge in [0.25, 0.3) is 0 Å². The molecule has 0 amide bonds. The first kappa shape index (κ1) is 75.4. The van der Waals surface area contributed by atoms with E-state index in [4.69, 9.17) is 14.2 Å². The Morgan fingerprint density at radius 1 is 0.256 bits per heavy atom. The molecule has 0 rings (SSSR count). The van der Waals surface area contributed by atoms with Crippen LogP contribution >= 0.6 is 0 Å². The molecule has 0 radical (unpaired) electrons. The Balaban J connectivity index is 4.34. The summed E-state index contributed by atoms with van der Waals surface area (Å²) in [5.41, 5.74) is 0. The van der Waals surface area contributed by atoms with E-state index >= 15 is 0 Å². The average Bonchev–Trinajstić information content (AvgIpc) is 3.44. The Morgan fingerprint density at radius 2 is 0.462 bits per heavy atom. The molecule has 78 heavy (non-hydrogen) atoms. The summed E-state index contributed by atoms with van der Waals surface area (Å²) in [6, 6.07) is 0. The minimum absolute atomic E-state index is 0.0773. The molecule has 456 valence electrons. The number of ether oxygens (including phenoxy) is 3. The van der Waals surface area contributed by atoms with Gasteiger partial charge in [0.2, 0.25) is 0 Å². The Labute approximate surface area is 486 Å². The molecule has 1 unspecified atom stereocenters. The van der Waals surface area contributed by atoms with E-state index in [9.17, 15) is 14.4 Å². The SMILES string of the molecule is CCCCCCC/C=C\C/C=C\C/C=C\CCCCCCCCC(=O)OC(COC(=O)CCCCCCC/C=C\CCCCCCCCC)COC(=O)CCCCCCCCCCCCCCCCCCCCCCCCC. The van der Waals surface area contributed by atoms with E-state index in [-0.39, 0.29) is 31.1 Å². The second-order valence-corrected chi connectivity index (χ2v) is 23.4. The van der Waals surface area contributed by atoms with Crippen molar-refractivity contribution in [2.24, 2.45) is 0 Å². The number of hydrogen-bond donors (Lipinski definition) is 0. The highest BCUT2D eigenvalue weighted by atomic mass is 16.6. The first-order valence-electron chi connectivity index (χ1n) is 34.6. The Kier molecular flexibility index (Phi) is 64.6. The number of carbonyl (C=O) groups is 3. The third kappa shape index (κ3) is 64.2. The van der Waals surface area contributed by atoms with Crippen LogP contribution in [0.3, 0.4) is 0 Å². The van der Waals surface area contributed by atoms with Crippen molar-refractivity contribution in [1.29, 1.82) is 0 Å². The second-order valence-electron chi connectivity index (χ2n) is 23.4. The van der Waals surface area contributed by atoms with Gasteiger partial charge in [0.15, 0.2) is 6.10 Å². The van der Waals surface area contributed by atoms with Crippen LogP contribution in [-0.4, -0.2) is 37.2 Å². The molecular formula is C72H132O6. The normalized spacial score (nSPS) is 12.3. The quantitative estimate of drug-likeness (QED) is 0.0261. The molecular weight excluding hydrogens is 961 g/mol. The van der Waals surface area contributed by atoms with E-state index in [1.165, 1.54) is 250 Å². The maximum atomic E-state index is 12.9. The first-order chi connectivity index (χ1) is 38.5. The maximum absolute atomic E-state index is 12.9. The van der Waals surface area contributed by atoms with Crippen molar-refractivity contribution in [3.8, 4) is 0 Å². The molecule has 0 spiro atoms. The van der Waals surface area contributed by atoms with Gasteiger partial charge in [-0.3, -0.25) is 14.4 Å². The van der Waals surface area contributed by atoms with Crippen LogP contribution in [0.15, 0.2) is 48.6 Å². The molecule has 6 nitrogen and oxygen atoms in total. The topological polar surface area (TPSA) is 78.9 Å². The number of esters is 3. The molecule has 0 fully saturated rings. The molecule has 0 aliphatic carbocycles. The highest BCUT2D eigenvalue weighted by Gasteiger charge is 2.19. The van der Waals surface area contributed by atoms with Crippen LogP contribution in [0.5, 0.6) is 0 Å². The summed E-state index contributed by atoms with van der Waals surface area (Å²) in [6.45, 7) is 6.68. The second kappa shape index (κ2) is 66.9. The molecule has 0 bridgehead atoms. The first-order valence-corrected chi connectivity index (χ1v) is 34.6. The van der Waals surface area contributed by atoms with Crippen LogP contribution in [-0.2, 0) is 28.6 Å². The molecule has 0 aliphatic rings. The van der Waals surface area contributed by atoms with Gasteiger partial charge in [-0.05, 0) is 83.5 Å². The van der Waals surface area contributed by atoms with Crippen LogP contribution in [0.1, 0.15) is 374 Å². The van der Waals surface area contributed by atoms with E-state index in [0.29, 0.717) is 19.3 Å². The lowest BCUT2D eigenvalue weighted by Gasteiger charge is -2.18. The van der Waals surface area contributed by atoms with Crippen molar-refractivity contribution in [1.82, 2.24) is 0 Å². The van der Waals surface area contributed by atoms with Crippen molar-refractivity contribution in [2.75, 3.05) is 13.2 Å². The number of rotatable bonds is 64. The van der Waals surface area contributed by atoms with Gasteiger partial charge in [-0.2, -0.15) is 0 Å². The lowest BCUT2D eigenvalue weighted by molar-refractivity contribution is -0.167. The highest BCUT2D eigenvalue weighted by Crippen LogP contribution is 2.18. The maximum Gasteiger partial charge on any atom is 0.306 e. The fourth-order valence-electron chi connectivity index (χ4n) is 10.3. The number of carbonyl (C=O) groups excluding carboxylic acids is 3. The zero-order valence-electron chi connectivity index (χ0n) is 52.5. The average molecular weight is 1090 g/mol. The molecule has 6 heteroatoms. The Hall–Kier alpha value is -2.63. The predicted octanol–water partition coefficient (Wildman–Crippen LogP) is 23.7. The fraction of sp³-hybridized carbons (Fsp3) is 0.847. The smallest absolute Gasteiger partial charge is 0.306 e. The third-order valence-corrected chi connectivity index (χ3v) is 15.6. The summed E-state index contributed by atoms with van der Waals surface area (Å²) in [7, 11) is 0. The molecule has 0 aromatic rings. The lowest BCUT2D eigenvalue weighted by Crippen LogP contribution is -2.30. The van der Waals surface area contributed by atoms with Crippen LogP contribution in [0.4, 0.5) is 0 Å². The zero-order chi connectivity index (χ0) is 56.4. The van der Waals surface area contributed by atoms with Crippen molar-refractivity contribution >= 4 is 17.9 Å². The van der Waals surface area contributed by atoms with Crippen molar-refractivity contribution in [3.63, 3.8) is 0 Å². The van der Waals surface area contributed by atoms with E-state index in [2.05, 4.69) is 69.4 Å². The van der Waals surface area contributed by atoms with Crippen molar-refractivity contribution < 1.29 is 28.6 Å². The predicted molar refractivity (Wildman–Crippen MR) is 339 cm³/mol. The molecule has 0 saturated heterocycles. The van der Waals surface area contributed by atoms with Crippen LogP contribution in [0.2, 0.25) is 0 Å². The molecule has 0 aliphatic heterocycles. The standard InChI is InChI=1S/C72H132O6/c1-4-7-10-13-16-19-22-25-28-31-33-35-36-38-39-41-44-47-50-53-56-59-62-65-71(74)77-68-69(67-76-70(73)64-61-58-55-52-49-46-43-30-27-24-21-18-15-12-9-6-3)78-72(75)66-63-60-57-54-51-48-45-42-40-37-34-32-29-26-23-20-17-14-11-8-5-2/h23,26,30,32,34,40,42-43,69H,4-22,24-25,27-29,31,33,35-39,41,44-68H2,1-3H3/b26-23-,34-32-,42-40-,43-30-. The van der Waals surface area contributed by atoms with Gasteiger partial charge in [-0.1, -0.05) is 320 Å². The zero-order valence-corrected chi connectivity index (χ0v) is 52.5. The highest BCUT2D eigenvalue weighted by molar-refractivity contribution is 5.71. The largest absolute Gasteiger partial charge is 0.462 e. The Morgan fingerprint density at radius 3 is 0.731 bits per heavy atom. The summed E-state index contributed by atoms with van der Waals surface area (Å²) in [5.74, 6) is -0.874. The van der Waals surface area contributed by atoms with E-state index in [1.807, 2.05) is 0 Å².